The molecule has 25 heavy (non-hydrogen) atoms. The van der Waals surface area contributed by atoms with Gasteiger partial charge in [-0.25, -0.2) is 0 Å². The van der Waals surface area contributed by atoms with Crippen LogP contribution in [0.1, 0.15) is 33.1 Å². The fourth-order valence-corrected chi connectivity index (χ4v) is 3.56. The largest absolute Gasteiger partial charge is 0.375 e. The summed E-state index contributed by atoms with van der Waals surface area (Å²) in [6, 6.07) is 0. The van der Waals surface area contributed by atoms with Gasteiger partial charge in [0.2, 0.25) is 0 Å². The fraction of sp³-hybridized carbons (Fsp3) is 0.941. The Kier molecular flexibility index (Phi) is 12.3. The van der Waals surface area contributed by atoms with Crippen LogP contribution < -0.4 is 5.32 Å². The van der Waals surface area contributed by atoms with Crippen molar-refractivity contribution in [2.24, 2.45) is 0 Å². The maximum absolute atomic E-state index is 12.9. The molecular formula is C17H35Cl2N3O3. The van der Waals surface area contributed by atoms with Crippen LogP contribution in [0.5, 0.6) is 0 Å². The number of likely N-dealkylation sites (tertiary alicyclic amines) is 1. The van der Waals surface area contributed by atoms with E-state index in [2.05, 4.69) is 24.1 Å². The molecule has 2 rings (SSSR count). The minimum atomic E-state index is -0.624. The van der Waals surface area contributed by atoms with Crippen LogP contribution in [0.3, 0.4) is 0 Å². The minimum absolute atomic E-state index is 0. The van der Waals surface area contributed by atoms with Gasteiger partial charge in [-0.1, -0.05) is 13.8 Å². The second-order valence-electron chi connectivity index (χ2n) is 6.51. The molecule has 0 bridgehead atoms. The van der Waals surface area contributed by atoms with Crippen LogP contribution in [0.15, 0.2) is 0 Å². The molecule has 0 aliphatic carbocycles. The maximum Gasteiger partial charge on any atom is 0.254 e. The van der Waals surface area contributed by atoms with Crippen LogP contribution >= 0.6 is 24.8 Å². The zero-order valence-corrected chi connectivity index (χ0v) is 17.4. The third-order valence-electron chi connectivity index (χ3n) is 5.28. The molecule has 2 heterocycles. The number of carbonyl (C=O) groups is 1. The molecule has 1 unspecified atom stereocenters. The van der Waals surface area contributed by atoms with Gasteiger partial charge in [0, 0.05) is 26.7 Å². The number of nitrogens with zero attached hydrogens (tertiary/aromatic N) is 2. The quantitative estimate of drug-likeness (QED) is 0.670. The van der Waals surface area contributed by atoms with Gasteiger partial charge in [0.1, 0.15) is 5.60 Å². The van der Waals surface area contributed by atoms with Crippen molar-refractivity contribution in [2.75, 3.05) is 59.5 Å². The Morgan fingerprint density at radius 2 is 1.88 bits per heavy atom. The minimum Gasteiger partial charge on any atom is -0.375 e. The van der Waals surface area contributed by atoms with Crippen molar-refractivity contribution in [2.45, 2.75) is 44.8 Å². The topological polar surface area (TPSA) is 54.0 Å². The molecule has 0 radical (unpaired) electrons. The summed E-state index contributed by atoms with van der Waals surface area (Å²) in [5, 5.41) is 3.30. The molecular weight excluding hydrogens is 365 g/mol. The van der Waals surface area contributed by atoms with Gasteiger partial charge in [0.25, 0.3) is 5.91 Å². The van der Waals surface area contributed by atoms with E-state index < -0.39 is 5.60 Å². The molecule has 8 heteroatoms. The van der Waals surface area contributed by atoms with E-state index in [1.54, 1.807) is 7.11 Å². The summed E-state index contributed by atoms with van der Waals surface area (Å²) < 4.78 is 11.6. The zero-order valence-electron chi connectivity index (χ0n) is 15.8. The predicted molar refractivity (Wildman–Crippen MR) is 105 cm³/mol. The zero-order chi connectivity index (χ0) is 16.7. The van der Waals surface area contributed by atoms with Crippen LogP contribution in [-0.4, -0.2) is 86.9 Å². The third-order valence-corrected chi connectivity index (χ3v) is 5.28. The number of nitrogens with one attached hydrogen (secondary N) is 1. The molecule has 0 saturated carbocycles. The van der Waals surface area contributed by atoms with Crippen LogP contribution in [0.4, 0.5) is 0 Å². The number of rotatable bonds is 8. The molecule has 0 spiro atoms. The number of hydrogen-bond acceptors (Lipinski definition) is 5. The molecule has 0 aromatic rings. The van der Waals surface area contributed by atoms with Crippen LogP contribution in [0.25, 0.3) is 0 Å². The number of amides is 1. The van der Waals surface area contributed by atoms with Gasteiger partial charge in [-0.2, -0.15) is 0 Å². The smallest absolute Gasteiger partial charge is 0.254 e. The van der Waals surface area contributed by atoms with Crippen molar-refractivity contribution in [1.82, 2.24) is 15.1 Å². The van der Waals surface area contributed by atoms with Gasteiger partial charge in [-0.3, -0.25) is 4.79 Å². The molecule has 0 aromatic heterocycles. The third kappa shape index (κ3) is 6.52. The second kappa shape index (κ2) is 12.3. The van der Waals surface area contributed by atoms with Crippen LogP contribution in [-0.2, 0) is 14.3 Å². The van der Waals surface area contributed by atoms with Crippen LogP contribution in [0.2, 0.25) is 0 Å². The van der Waals surface area contributed by atoms with E-state index in [0.29, 0.717) is 6.54 Å². The molecule has 1 N–H and O–H groups in total. The average molecular weight is 400 g/mol. The SMILES string of the molecule is CCN(CC)CCOC1CCN(C(=O)C2(OC)CCNCC2)C1.Cl.Cl. The summed E-state index contributed by atoms with van der Waals surface area (Å²) in [5.74, 6) is 0.149. The molecule has 1 amide bonds. The second-order valence-corrected chi connectivity index (χ2v) is 6.51. The lowest BCUT2D eigenvalue weighted by molar-refractivity contribution is -0.157. The lowest BCUT2D eigenvalue weighted by atomic mass is 9.90. The van der Waals surface area contributed by atoms with Crippen molar-refractivity contribution in [3.05, 3.63) is 0 Å². The highest BCUT2D eigenvalue weighted by Crippen LogP contribution is 2.27. The van der Waals surface area contributed by atoms with Crippen molar-refractivity contribution >= 4 is 30.7 Å². The van der Waals surface area contributed by atoms with Gasteiger partial charge < -0.3 is 24.6 Å². The molecule has 150 valence electrons. The van der Waals surface area contributed by atoms with E-state index in [9.17, 15) is 4.79 Å². The molecule has 2 fully saturated rings. The molecule has 2 saturated heterocycles. The Balaban J connectivity index is 0.00000288. The van der Waals surface area contributed by atoms with E-state index in [4.69, 9.17) is 9.47 Å². The summed E-state index contributed by atoms with van der Waals surface area (Å²) in [7, 11) is 1.66. The van der Waals surface area contributed by atoms with Crippen molar-refractivity contribution < 1.29 is 14.3 Å². The van der Waals surface area contributed by atoms with E-state index >= 15 is 0 Å². The number of ether oxygens (including phenoxy) is 2. The van der Waals surface area contributed by atoms with E-state index in [1.807, 2.05) is 4.90 Å². The highest BCUT2D eigenvalue weighted by molar-refractivity contribution is 5.86. The first kappa shape index (κ1) is 24.9. The Labute approximate surface area is 164 Å². The standard InChI is InChI=1S/C17H33N3O3.2ClH/c1-4-19(5-2)12-13-23-15-6-11-20(14-15)16(21)17(22-3)7-9-18-10-8-17;;/h15,18H,4-14H2,1-3H3;2*1H. The van der Waals surface area contributed by atoms with Gasteiger partial charge in [-0.05, 0) is 45.4 Å². The Morgan fingerprint density at radius 3 is 2.44 bits per heavy atom. The molecule has 6 nitrogen and oxygen atoms in total. The number of piperidine rings is 1. The lowest BCUT2D eigenvalue weighted by Gasteiger charge is -2.37. The van der Waals surface area contributed by atoms with Gasteiger partial charge in [0.15, 0.2) is 0 Å². The van der Waals surface area contributed by atoms with Crippen LogP contribution in [0, 0.1) is 0 Å². The van der Waals surface area contributed by atoms with E-state index in [1.165, 1.54) is 0 Å². The first-order valence-electron chi connectivity index (χ1n) is 9.04. The van der Waals surface area contributed by atoms with Gasteiger partial charge in [0.05, 0.1) is 12.7 Å². The summed E-state index contributed by atoms with van der Waals surface area (Å²) >= 11 is 0. The number of likely N-dealkylation sites (N-methyl/N-ethyl adjacent to an activating group) is 1. The predicted octanol–water partition coefficient (Wildman–Crippen LogP) is 1.56. The number of methoxy groups -OCH3 is 1. The summed E-state index contributed by atoms with van der Waals surface area (Å²) in [6.07, 6.45) is 2.62. The first-order chi connectivity index (χ1) is 11.1. The maximum atomic E-state index is 12.9. The van der Waals surface area contributed by atoms with E-state index in [-0.39, 0.29) is 36.8 Å². The monoisotopic (exact) mass is 399 g/mol. The number of carbonyl (C=O) groups excluding carboxylic acids is 1. The number of halogens is 2. The number of hydrogen-bond donors (Lipinski definition) is 1. The molecule has 0 aromatic carbocycles. The van der Waals surface area contributed by atoms with Gasteiger partial charge in [-0.15, -0.1) is 24.8 Å². The summed E-state index contributed by atoms with van der Waals surface area (Å²) in [5.41, 5.74) is -0.624. The molecule has 1 atom stereocenters. The highest BCUT2D eigenvalue weighted by atomic mass is 35.5. The highest BCUT2D eigenvalue weighted by Gasteiger charge is 2.44. The van der Waals surface area contributed by atoms with Crippen molar-refractivity contribution in [1.29, 1.82) is 0 Å². The molecule has 2 aliphatic rings. The first-order valence-corrected chi connectivity index (χ1v) is 9.04. The van der Waals surface area contributed by atoms with Crippen molar-refractivity contribution in [3.63, 3.8) is 0 Å². The summed E-state index contributed by atoms with van der Waals surface area (Å²) in [4.78, 5) is 17.2. The Morgan fingerprint density at radius 1 is 1.24 bits per heavy atom. The van der Waals surface area contributed by atoms with Gasteiger partial charge >= 0.3 is 0 Å². The normalized spacial score (nSPS) is 22.4. The average Bonchev–Trinajstić information content (AvgIpc) is 3.07. The summed E-state index contributed by atoms with van der Waals surface area (Å²) in [6.45, 7) is 11.3. The van der Waals surface area contributed by atoms with E-state index in [0.717, 1.165) is 65.1 Å². The molecule has 2 aliphatic heterocycles. The Bertz CT molecular complexity index is 378. The Hall–Kier alpha value is -0.110. The lowest BCUT2D eigenvalue weighted by Crippen LogP contribution is -2.55. The van der Waals surface area contributed by atoms with Crippen molar-refractivity contribution in [3.8, 4) is 0 Å². The fourth-order valence-electron chi connectivity index (χ4n) is 3.56.